The smallest absolute Gasteiger partial charge is 0.337 e. The fourth-order valence-electron chi connectivity index (χ4n) is 4.76. The molecule has 38 heavy (non-hydrogen) atoms. The number of β-amino-alcohol motifs (C(OH)–C–C–N with tert-alkyl or cyclic N) is 1. The van der Waals surface area contributed by atoms with Gasteiger partial charge in [0, 0.05) is 17.8 Å². The third-order valence-electron chi connectivity index (χ3n) is 6.81. The first-order valence-corrected chi connectivity index (χ1v) is 12.9. The zero-order chi connectivity index (χ0) is 27.3. The molecule has 198 valence electrons. The minimum Gasteiger partial charge on any atom is -0.478 e. The molecule has 0 saturated heterocycles. The normalized spacial score (nSPS) is 13.4. The van der Waals surface area contributed by atoms with Crippen LogP contribution < -0.4 is 11.1 Å². The number of aliphatic hydroxyl groups is 1. The molecule has 6 heteroatoms. The van der Waals surface area contributed by atoms with E-state index in [9.17, 15) is 15.0 Å². The van der Waals surface area contributed by atoms with Gasteiger partial charge in [0.25, 0.3) is 0 Å². The van der Waals surface area contributed by atoms with E-state index in [4.69, 9.17) is 10.5 Å². The highest BCUT2D eigenvalue weighted by Gasteiger charge is 2.21. The second-order valence-electron chi connectivity index (χ2n) is 10.4. The lowest BCUT2D eigenvalue weighted by Crippen LogP contribution is -2.46. The molecule has 0 radical (unpaired) electrons. The number of nitrogens with one attached hydrogen (secondary N) is 1. The van der Waals surface area contributed by atoms with Gasteiger partial charge in [-0.1, -0.05) is 72.8 Å². The summed E-state index contributed by atoms with van der Waals surface area (Å²) in [6.07, 6.45) is -0.128. The molecule has 0 bridgehead atoms. The number of hydrogen-bond acceptors (Lipinski definition) is 5. The number of rotatable bonds is 11. The molecule has 0 aliphatic heterocycles. The number of carboxylic acids is 1. The molecule has 4 aromatic carbocycles. The molecule has 0 fully saturated rings. The molecule has 4 aromatic rings. The van der Waals surface area contributed by atoms with Crippen LogP contribution in [0.1, 0.15) is 48.4 Å². The van der Waals surface area contributed by atoms with Crippen molar-refractivity contribution in [2.75, 3.05) is 18.9 Å². The predicted molar refractivity (Wildman–Crippen MR) is 153 cm³/mol. The van der Waals surface area contributed by atoms with E-state index in [1.807, 2.05) is 37.3 Å². The molecular weight excluding hydrogens is 476 g/mol. The van der Waals surface area contributed by atoms with Crippen molar-refractivity contribution in [2.24, 2.45) is 0 Å². The van der Waals surface area contributed by atoms with Crippen molar-refractivity contribution in [3.05, 3.63) is 102 Å². The van der Waals surface area contributed by atoms with Gasteiger partial charge in [-0.25, -0.2) is 4.79 Å². The van der Waals surface area contributed by atoms with E-state index in [-0.39, 0.29) is 29.5 Å². The van der Waals surface area contributed by atoms with Crippen LogP contribution in [0.4, 0.5) is 5.69 Å². The zero-order valence-corrected chi connectivity index (χ0v) is 22.1. The fourth-order valence-corrected chi connectivity index (χ4v) is 4.76. The summed E-state index contributed by atoms with van der Waals surface area (Å²) in [6, 6.07) is 27.6. The van der Waals surface area contributed by atoms with E-state index < -0.39 is 12.1 Å². The van der Waals surface area contributed by atoms with Gasteiger partial charge in [0.15, 0.2) is 0 Å². The van der Waals surface area contributed by atoms with Gasteiger partial charge < -0.3 is 26.0 Å². The van der Waals surface area contributed by atoms with Crippen LogP contribution in [0.15, 0.2) is 84.9 Å². The Bertz CT molecular complexity index is 1420. The molecule has 0 amide bonds. The first-order valence-electron chi connectivity index (χ1n) is 12.9. The summed E-state index contributed by atoms with van der Waals surface area (Å²) >= 11 is 0. The molecule has 0 spiro atoms. The molecule has 0 aliphatic carbocycles. The minimum absolute atomic E-state index is 0.0784. The van der Waals surface area contributed by atoms with Gasteiger partial charge in [0.05, 0.1) is 24.4 Å². The maximum Gasteiger partial charge on any atom is 0.337 e. The number of nitrogens with two attached hydrogens (primary N) is 1. The third kappa shape index (κ3) is 6.78. The Hall–Kier alpha value is -3.71. The first kappa shape index (κ1) is 27.3. The van der Waals surface area contributed by atoms with E-state index in [0.717, 1.165) is 23.1 Å². The van der Waals surface area contributed by atoms with E-state index in [2.05, 4.69) is 55.6 Å². The van der Waals surface area contributed by atoms with Gasteiger partial charge in [0.1, 0.15) is 0 Å². The van der Waals surface area contributed by atoms with E-state index in [1.54, 1.807) is 12.1 Å². The van der Waals surface area contributed by atoms with Gasteiger partial charge in [0.2, 0.25) is 0 Å². The lowest BCUT2D eigenvalue weighted by Gasteiger charge is -2.28. The zero-order valence-electron chi connectivity index (χ0n) is 22.1. The number of anilines is 1. The summed E-state index contributed by atoms with van der Waals surface area (Å²) in [6.45, 7) is 6.79. The highest BCUT2D eigenvalue weighted by atomic mass is 16.5. The lowest BCUT2D eigenvalue weighted by molar-refractivity contribution is -0.00397. The predicted octanol–water partition coefficient (Wildman–Crippen LogP) is 5.84. The number of fused-ring (bicyclic) bond motifs is 1. The molecule has 0 aromatic heterocycles. The molecule has 0 heterocycles. The Morgan fingerprint density at radius 3 is 2.42 bits per heavy atom. The summed E-state index contributed by atoms with van der Waals surface area (Å²) in [5.41, 5.74) is 9.97. The summed E-state index contributed by atoms with van der Waals surface area (Å²) in [5.74, 6) is -1.05. The highest BCUT2D eigenvalue weighted by Crippen LogP contribution is 2.32. The summed E-state index contributed by atoms with van der Waals surface area (Å²) in [5, 5.41) is 25.9. The Balaban J connectivity index is 1.34. The third-order valence-corrected chi connectivity index (χ3v) is 6.81. The van der Waals surface area contributed by atoms with Crippen molar-refractivity contribution < 1.29 is 19.7 Å². The van der Waals surface area contributed by atoms with Crippen LogP contribution in [-0.4, -0.2) is 41.0 Å². The minimum atomic E-state index is -1.05. The molecular formula is C32H36N2O4. The quantitative estimate of drug-likeness (QED) is 0.188. The molecule has 6 nitrogen and oxygen atoms in total. The monoisotopic (exact) mass is 512 g/mol. The Labute approximate surface area is 224 Å². The van der Waals surface area contributed by atoms with Crippen LogP contribution >= 0.6 is 0 Å². The van der Waals surface area contributed by atoms with Crippen molar-refractivity contribution in [1.29, 1.82) is 0 Å². The van der Waals surface area contributed by atoms with Crippen molar-refractivity contribution in [3.63, 3.8) is 0 Å². The van der Waals surface area contributed by atoms with Gasteiger partial charge >= 0.3 is 5.97 Å². The van der Waals surface area contributed by atoms with Gasteiger partial charge in [-0.15, -0.1) is 0 Å². The second kappa shape index (κ2) is 11.8. The molecule has 5 N–H and O–H groups in total. The fraction of sp³-hybridized carbons (Fsp3) is 0.281. The SMILES string of the molecule is CC(OC[C@@H](O)CNC(C)(C)Cc1ccc2ccccc2c1)c1ccccc1-c1ccc(C(=O)O)c(N)c1. The summed E-state index contributed by atoms with van der Waals surface area (Å²) in [7, 11) is 0. The topological polar surface area (TPSA) is 105 Å². The van der Waals surface area contributed by atoms with Crippen LogP contribution in [0.5, 0.6) is 0 Å². The first-order chi connectivity index (χ1) is 18.1. The molecule has 0 saturated carbocycles. The van der Waals surface area contributed by atoms with Crippen molar-refractivity contribution in [2.45, 2.75) is 44.9 Å². The Morgan fingerprint density at radius 1 is 0.974 bits per heavy atom. The van der Waals surface area contributed by atoms with Crippen molar-refractivity contribution in [1.82, 2.24) is 5.32 Å². The molecule has 2 atom stereocenters. The van der Waals surface area contributed by atoms with Crippen LogP contribution in [0.25, 0.3) is 21.9 Å². The number of nitrogen functional groups attached to an aromatic ring is 1. The molecule has 1 unspecified atom stereocenters. The largest absolute Gasteiger partial charge is 0.478 e. The Kier molecular flexibility index (Phi) is 8.47. The molecule has 4 rings (SSSR count). The van der Waals surface area contributed by atoms with Crippen molar-refractivity contribution in [3.8, 4) is 11.1 Å². The highest BCUT2D eigenvalue weighted by molar-refractivity contribution is 5.95. The maximum atomic E-state index is 11.3. The Morgan fingerprint density at radius 2 is 1.68 bits per heavy atom. The van der Waals surface area contributed by atoms with Crippen LogP contribution in [0.2, 0.25) is 0 Å². The van der Waals surface area contributed by atoms with Gasteiger partial charge in [-0.2, -0.15) is 0 Å². The van der Waals surface area contributed by atoms with Gasteiger partial charge in [-0.3, -0.25) is 0 Å². The van der Waals surface area contributed by atoms with E-state index in [1.165, 1.54) is 22.4 Å². The average molecular weight is 513 g/mol. The second-order valence-corrected chi connectivity index (χ2v) is 10.4. The van der Waals surface area contributed by atoms with Crippen LogP contribution in [0, 0.1) is 0 Å². The number of hydrogen-bond donors (Lipinski definition) is 4. The van der Waals surface area contributed by atoms with Crippen molar-refractivity contribution >= 4 is 22.4 Å². The number of ether oxygens (including phenoxy) is 1. The number of aliphatic hydroxyl groups excluding tert-OH is 1. The van der Waals surface area contributed by atoms with E-state index >= 15 is 0 Å². The average Bonchev–Trinajstić information content (AvgIpc) is 2.90. The standard InChI is InChI=1S/C32H36N2O4/c1-21(27-10-6-7-11-28(27)25-14-15-29(31(36)37)30(33)17-25)38-20-26(35)19-34-32(2,3)18-22-12-13-23-8-4-5-9-24(23)16-22/h4-17,21,26,34-35H,18-20,33H2,1-3H3,(H,36,37)/t21?,26-/m0/s1. The van der Waals surface area contributed by atoms with Gasteiger partial charge in [-0.05, 0) is 72.4 Å². The van der Waals surface area contributed by atoms with Crippen LogP contribution in [-0.2, 0) is 11.2 Å². The number of aromatic carboxylic acids is 1. The van der Waals surface area contributed by atoms with E-state index in [0.29, 0.717) is 6.54 Å². The number of carbonyl (C=O) groups is 1. The summed E-state index contributed by atoms with van der Waals surface area (Å²) in [4.78, 5) is 11.3. The summed E-state index contributed by atoms with van der Waals surface area (Å²) < 4.78 is 6.06. The lowest BCUT2D eigenvalue weighted by atomic mass is 9.93. The molecule has 0 aliphatic rings. The number of benzene rings is 4. The maximum absolute atomic E-state index is 11.3. The van der Waals surface area contributed by atoms with Crippen LogP contribution in [0.3, 0.4) is 0 Å². The number of carboxylic acid groups (broad SMARTS) is 1.